The lowest BCUT2D eigenvalue weighted by Crippen LogP contribution is -2.47. The van der Waals surface area contributed by atoms with Crippen molar-refractivity contribution in [3.8, 4) is 22.8 Å². The van der Waals surface area contributed by atoms with Crippen molar-refractivity contribution in [3.05, 3.63) is 89.7 Å². The Morgan fingerprint density at radius 3 is 2.34 bits per heavy atom. The molecule has 0 aliphatic carbocycles. The van der Waals surface area contributed by atoms with Crippen LogP contribution in [0.25, 0.3) is 22.8 Å². The average Bonchev–Trinajstić information content (AvgIpc) is 3.45. The minimum Gasteiger partial charge on any atom is -0.468 e. The number of nitrogens with one attached hydrogen (secondary N) is 3. The van der Waals surface area contributed by atoms with Crippen LogP contribution in [-0.4, -0.2) is 49.4 Å². The molecule has 4 rings (SSSR count). The van der Waals surface area contributed by atoms with Gasteiger partial charge in [0.15, 0.2) is 0 Å². The molecule has 44 heavy (non-hydrogen) atoms. The second kappa shape index (κ2) is 13.8. The number of hydrogen-bond acceptors (Lipinski definition) is 9. The monoisotopic (exact) mass is 625 g/mol. The summed E-state index contributed by atoms with van der Waals surface area (Å²) in [6, 6.07) is 18.2. The molecule has 0 aliphatic rings. The van der Waals surface area contributed by atoms with Gasteiger partial charge in [0.25, 0.3) is 16.1 Å². The van der Waals surface area contributed by atoms with E-state index in [-0.39, 0.29) is 30.2 Å². The van der Waals surface area contributed by atoms with Gasteiger partial charge in [0.05, 0.1) is 12.7 Å². The van der Waals surface area contributed by atoms with Gasteiger partial charge in [0.2, 0.25) is 5.82 Å². The van der Waals surface area contributed by atoms with E-state index in [9.17, 15) is 18.0 Å². The molecule has 1 aromatic heterocycles. The maximum absolute atomic E-state index is 15.2. The minimum absolute atomic E-state index is 0.00714. The van der Waals surface area contributed by atoms with Crippen LogP contribution in [0.4, 0.5) is 14.9 Å². The summed E-state index contributed by atoms with van der Waals surface area (Å²) < 4.78 is 60.3. The molecule has 1 amide bonds. The van der Waals surface area contributed by atoms with Gasteiger partial charge in [-0.3, -0.25) is 10.1 Å². The molecular weight excluding hydrogens is 593 g/mol. The molecule has 14 heteroatoms. The van der Waals surface area contributed by atoms with Crippen molar-refractivity contribution >= 4 is 28.0 Å². The van der Waals surface area contributed by atoms with E-state index in [1.54, 1.807) is 75.4 Å². The summed E-state index contributed by atoms with van der Waals surface area (Å²) in [4.78, 5) is 28.6. The first-order valence-electron chi connectivity index (χ1n) is 13.4. The van der Waals surface area contributed by atoms with Crippen molar-refractivity contribution in [3.63, 3.8) is 0 Å². The van der Waals surface area contributed by atoms with Crippen molar-refractivity contribution in [2.75, 3.05) is 12.4 Å². The normalized spacial score (nSPS) is 12.4. The summed E-state index contributed by atoms with van der Waals surface area (Å²) in [5.74, 6) is -1.44. The van der Waals surface area contributed by atoms with Crippen LogP contribution in [0.15, 0.2) is 77.3 Å². The highest BCUT2D eigenvalue weighted by Gasteiger charge is 2.26. The largest absolute Gasteiger partial charge is 0.468 e. The molecule has 4 aromatic rings. The molecule has 12 nitrogen and oxygen atoms in total. The third-order valence-corrected chi connectivity index (χ3v) is 7.13. The third-order valence-electron chi connectivity index (χ3n) is 6.01. The van der Waals surface area contributed by atoms with E-state index in [1.165, 1.54) is 12.1 Å². The first-order valence-corrected chi connectivity index (χ1v) is 14.9. The number of anilines is 1. The Balaban J connectivity index is 1.42. The molecule has 0 saturated heterocycles. The first-order chi connectivity index (χ1) is 20.8. The molecule has 0 bridgehead atoms. The maximum Gasteiger partial charge on any atom is 0.412 e. The minimum atomic E-state index is -4.11. The maximum atomic E-state index is 15.2. The van der Waals surface area contributed by atoms with E-state index in [0.717, 1.165) is 18.7 Å². The number of rotatable bonds is 11. The number of methoxy groups -OCH3 is 1. The first kappa shape index (κ1) is 32.3. The van der Waals surface area contributed by atoms with Gasteiger partial charge >= 0.3 is 12.1 Å². The van der Waals surface area contributed by atoms with Crippen molar-refractivity contribution in [2.24, 2.45) is 0 Å². The van der Waals surface area contributed by atoms with Gasteiger partial charge in [-0.05, 0) is 74.7 Å². The lowest BCUT2D eigenvalue weighted by molar-refractivity contribution is -0.142. The Bertz CT molecular complexity index is 1710. The SMILES string of the molecule is COC(=O)C(Cc1ccc(-c2noc(-c3ccc(NC(=O)OC(C)(C)C)cc3)n2)c(F)c1)NS(=O)(=O)NCc1ccccc1. The van der Waals surface area contributed by atoms with Crippen molar-refractivity contribution < 1.29 is 36.4 Å². The highest BCUT2D eigenvalue weighted by Crippen LogP contribution is 2.26. The van der Waals surface area contributed by atoms with Gasteiger partial charge < -0.3 is 14.0 Å². The number of carbonyl (C=O) groups is 2. The summed E-state index contributed by atoms with van der Waals surface area (Å²) in [7, 11) is -2.98. The molecular formula is C30H32FN5O7S. The van der Waals surface area contributed by atoms with Gasteiger partial charge in [-0.25, -0.2) is 9.18 Å². The second-order valence-electron chi connectivity index (χ2n) is 10.6. The van der Waals surface area contributed by atoms with Crippen molar-refractivity contribution in [2.45, 2.75) is 45.4 Å². The summed E-state index contributed by atoms with van der Waals surface area (Å²) >= 11 is 0. The second-order valence-corrected chi connectivity index (χ2v) is 12.2. The fourth-order valence-corrected chi connectivity index (χ4v) is 4.98. The van der Waals surface area contributed by atoms with Crippen LogP contribution >= 0.6 is 0 Å². The summed E-state index contributed by atoms with van der Waals surface area (Å²) in [6.07, 6.45) is -0.781. The Kier molecular flexibility index (Phi) is 10.1. The Morgan fingerprint density at radius 1 is 1.00 bits per heavy atom. The predicted octanol–water partition coefficient (Wildman–Crippen LogP) is 4.60. The quantitative estimate of drug-likeness (QED) is 0.202. The number of benzene rings is 3. The van der Waals surface area contributed by atoms with Crippen LogP contribution in [0.5, 0.6) is 0 Å². The zero-order chi connectivity index (χ0) is 31.9. The van der Waals surface area contributed by atoms with Crippen LogP contribution in [0.1, 0.15) is 31.9 Å². The molecule has 0 fully saturated rings. The van der Waals surface area contributed by atoms with Gasteiger partial charge in [0, 0.05) is 17.8 Å². The van der Waals surface area contributed by atoms with Gasteiger partial charge in [-0.2, -0.15) is 22.8 Å². The molecule has 1 atom stereocenters. The number of esters is 1. The Morgan fingerprint density at radius 2 is 1.70 bits per heavy atom. The van der Waals surface area contributed by atoms with Crippen molar-refractivity contribution in [1.29, 1.82) is 0 Å². The predicted molar refractivity (Wildman–Crippen MR) is 160 cm³/mol. The number of carbonyl (C=O) groups excluding carboxylic acids is 2. The summed E-state index contributed by atoms with van der Waals surface area (Å²) in [5.41, 5.74) is 1.46. The number of nitrogens with zero attached hydrogens (tertiary/aromatic N) is 2. The standard InChI is InChI=1S/C30H32FN5O7S/c1-30(2,3)42-29(38)33-22-13-11-21(12-14-22)27-34-26(35-43-27)23-15-10-20(16-24(23)31)17-25(28(37)41-4)36-44(39,40)32-18-19-8-6-5-7-9-19/h5-16,25,32,36H,17-18H2,1-4H3,(H,33,38). The zero-order valence-corrected chi connectivity index (χ0v) is 25.3. The topological polar surface area (TPSA) is 162 Å². The lowest BCUT2D eigenvalue weighted by Gasteiger charge is -2.19. The molecule has 0 aliphatic heterocycles. The molecule has 1 unspecified atom stereocenters. The van der Waals surface area contributed by atoms with Crippen LogP contribution < -0.4 is 14.8 Å². The van der Waals surface area contributed by atoms with Gasteiger partial charge in [-0.15, -0.1) is 0 Å². The molecule has 0 spiro atoms. The van der Waals surface area contributed by atoms with Crippen LogP contribution in [0.2, 0.25) is 0 Å². The number of halogens is 1. The van der Waals surface area contributed by atoms with E-state index in [4.69, 9.17) is 14.0 Å². The van der Waals surface area contributed by atoms with E-state index < -0.39 is 39.7 Å². The van der Waals surface area contributed by atoms with E-state index in [2.05, 4.69) is 24.9 Å². The van der Waals surface area contributed by atoms with Crippen LogP contribution in [0, 0.1) is 5.82 Å². The smallest absolute Gasteiger partial charge is 0.412 e. The van der Waals surface area contributed by atoms with E-state index >= 15 is 4.39 Å². The molecule has 3 N–H and O–H groups in total. The van der Waals surface area contributed by atoms with E-state index in [1.807, 2.05) is 0 Å². The fraction of sp³-hybridized carbons (Fsp3) is 0.267. The fourth-order valence-electron chi connectivity index (χ4n) is 3.99. The van der Waals surface area contributed by atoms with E-state index in [0.29, 0.717) is 16.8 Å². The van der Waals surface area contributed by atoms with Gasteiger partial charge in [0.1, 0.15) is 17.5 Å². The molecule has 0 radical (unpaired) electrons. The van der Waals surface area contributed by atoms with Crippen LogP contribution in [0.3, 0.4) is 0 Å². The van der Waals surface area contributed by atoms with Crippen molar-refractivity contribution in [1.82, 2.24) is 19.6 Å². The molecule has 0 saturated carbocycles. The molecule has 3 aromatic carbocycles. The van der Waals surface area contributed by atoms with Crippen LogP contribution in [-0.2, 0) is 37.4 Å². The summed E-state index contributed by atoms with van der Waals surface area (Å²) in [5, 5.41) is 6.49. The Labute approximate surface area is 254 Å². The summed E-state index contributed by atoms with van der Waals surface area (Å²) in [6.45, 7) is 5.28. The number of amides is 1. The zero-order valence-electron chi connectivity index (χ0n) is 24.5. The number of ether oxygens (including phenoxy) is 2. The number of aromatic nitrogens is 2. The molecule has 1 heterocycles. The lowest BCUT2D eigenvalue weighted by atomic mass is 10.0. The van der Waals surface area contributed by atoms with Gasteiger partial charge in [-0.1, -0.05) is 41.6 Å². The highest BCUT2D eigenvalue weighted by atomic mass is 32.2. The molecule has 232 valence electrons. The highest BCUT2D eigenvalue weighted by molar-refractivity contribution is 7.87. The Hall–Kier alpha value is -4.66. The number of hydrogen-bond donors (Lipinski definition) is 3. The third kappa shape index (κ3) is 9.17. The average molecular weight is 626 g/mol.